The molecular weight excluding hydrogens is 481 g/mol. The fourth-order valence-corrected chi connectivity index (χ4v) is 4.62. The first-order chi connectivity index (χ1) is 16.2. The van der Waals surface area contributed by atoms with Crippen molar-refractivity contribution >= 4 is 40.7 Å². The number of methoxy groups -OCH3 is 1. The van der Waals surface area contributed by atoms with Crippen LogP contribution in [0.3, 0.4) is 0 Å². The van der Waals surface area contributed by atoms with E-state index in [0.717, 1.165) is 12.8 Å². The van der Waals surface area contributed by atoms with E-state index in [1.807, 2.05) is 6.92 Å². The summed E-state index contributed by atoms with van der Waals surface area (Å²) in [6.45, 7) is 4.44. The third-order valence-electron chi connectivity index (χ3n) is 5.61. The van der Waals surface area contributed by atoms with E-state index >= 15 is 0 Å². The molecule has 1 unspecified atom stereocenters. The summed E-state index contributed by atoms with van der Waals surface area (Å²) >= 11 is 12.4. The summed E-state index contributed by atoms with van der Waals surface area (Å²) in [5.41, 5.74) is 0.484. The Morgan fingerprint density at radius 3 is 2.50 bits per heavy atom. The molecule has 1 saturated heterocycles. The third kappa shape index (κ3) is 4.95. The van der Waals surface area contributed by atoms with Crippen molar-refractivity contribution in [2.75, 3.05) is 20.3 Å². The third-order valence-corrected chi connectivity index (χ3v) is 6.11. The number of halogens is 2. The van der Waals surface area contributed by atoms with Crippen molar-refractivity contribution < 1.29 is 29.3 Å². The summed E-state index contributed by atoms with van der Waals surface area (Å²) in [5, 5.41) is 21.8. The number of likely N-dealkylation sites (tertiary alicyclic amines) is 1. The molecule has 9 heteroatoms. The highest BCUT2D eigenvalue weighted by Gasteiger charge is 2.46. The maximum absolute atomic E-state index is 13.2. The molecular formula is C25H27Cl2NO6. The topological polar surface area (TPSA) is 96.3 Å². The van der Waals surface area contributed by atoms with Crippen molar-refractivity contribution in [3.05, 3.63) is 57.1 Å². The molecule has 1 fully saturated rings. The normalized spacial score (nSPS) is 17.3. The number of benzene rings is 2. The largest absolute Gasteiger partial charge is 0.507 e. The Balaban J connectivity index is 2.25. The van der Waals surface area contributed by atoms with Gasteiger partial charge in [0.05, 0.1) is 35.9 Å². The smallest absolute Gasteiger partial charge is 0.295 e. The number of rotatable bonds is 9. The summed E-state index contributed by atoms with van der Waals surface area (Å²) in [6, 6.07) is 6.57. The lowest BCUT2D eigenvalue weighted by Crippen LogP contribution is -2.30. The highest BCUT2D eigenvalue weighted by atomic mass is 35.5. The molecule has 1 aliphatic rings. The number of phenolic OH excluding ortho intramolecular Hbond substituents is 1. The number of Topliss-reactive ketones (excluding diaryl/α,β-unsaturated/α-hetero) is 1. The van der Waals surface area contributed by atoms with Gasteiger partial charge in [-0.2, -0.15) is 0 Å². The fraction of sp³-hybridized carbons (Fsp3) is 0.360. The molecule has 3 rings (SSSR count). The summed E-state index contributed by atoms with van der Waals surface area (Å²) in [5.74, 6) is -1.74. The second-order valence-corrected chi connectivity index (χ2v) is 8.67. The number of unbranched alkanes of at least 4 members (excludes halogenated alkanes) is 2. The first-order valence-electron chi connectivity index (χ1n) is 11.0. The van der Waals surface area contributed by atoms with Crippen molar-refractivity contribution in [2.45, 2.75) is 39.2 Å². The standard InChI is InChI=1S/C25H27Cl2NO6/c1-4-6-7-10-28-21(14-8-9-18(29)19(11-14)34-5-2)20(23(31)25(28)32)22(30)16-12-15(26)13-17(27)24(16)33-3/h8-9,11-13,21,29-30H,4-7,10H2,1-3H3/b22-20+. The Kier molecular flexibility index (Phi) is 8.33. The van der Waals surface area contributed by atoms with Gasteiger partial charge in [-0.25, -0.2) is 0 Å². The molecule has 2 aromatic carbocycles. The molecule has 182 valence electrons. The lowest BCUT2D eigenvalue weighted by molar-refractivity contribution is -0.139. The lowest BCUT2D eigenvalue weighted by Gasteiger charge is -2.26. The van der Waals surface area contributed by atoms with Crippen LogP contribution in [0.5, 0.6) is 17.2 Å². The predicted molar refractivity (Wildman–Crippen MR) is 131 cm³/mol. The number of aliphatic hydroxyl groups excluding tert-OH is 1. The first kappa shape index (κ1) is 25.7. The molecule has 0 spiro atoms. The van der Waals surface area contributed by atoms with Crippen LogP contribution < -0.4 is 9.47 Å². The number of phenols is 1. The van der Waals surface area contributed by atoms with E-state index in [2.05, 4.69) is 0 Å². The zero-order valence-electron chi connectivity index (χ0n) is 19.2. The van der Waals surface area contributed by atoms with E-state index in [9.17, 15) is 19.8 Å². The van der Waals surface area contributed by atoms with Crippen LogP contribution in [0.2, 0.25) is 10.0 Å². The average Bonchev–Trinajstić information content (AvgIpc) is 3.05. The fourth-order valence-electron chi connectivity index (χ4n) is 4.05. The Morgan fingerprint density at radius 2 is 1.85 bits per heavy atom. The van der Waals surface area contributed by atoms with Crippen LogP contribution in [0.4, 0.5) is 0 Å². The van der Waals surface area contributed by atoms with Gasteiger partial charge in [0.25, 0.3) is 11.7 Å². The zero-order valence-corrected chi connectivity index (χ0v) is 20.7. The van der Waals surface area contributed by atoms with Gasteiger partial charge in [-0.15, -0.1) is 0 Å². The number of nitrogens with zero attached hydrogens (tertiary/aromatic N) is 1. The SMILES string of the molecule is CCCCCN1C(=O)C(=O)/C(=C(/O)c2cc(Cl)cc(Cl)c2OC)C1c1ccc(O)c(OCC)c1. The molecule has 2 N–H and O–H groups in total. The van der Waals surface area contributed by atoms with Crippen LogP contribution in [0.1, 0.15) is 50.3 Å². The molecule has 0 saturated carbocycles. The number of aromatic hydroxyl groups is 1. The van der Waals surface area contributed by atoms with Crippen LogP contribution in [0.25, 0.3) is 5.76 Å². The van der Waals surface area contributed by atoms with Crippen LogP contribution in [-0.2, 0) is 9.59 Å². The molecule has 0 aliphatic carbocycles. The van der Waals surface area contributed by atoms with E-state index in [1.54, 1.807) is 19.1 Å². The molecule has 7 nitrogen and oxygen atoms in total. The molecule has 1 heterocycles. The molecule has 1 amide bonds. The van der Waals surface area contributed by atoms with Crippen LogP contribution >= 0.6 is 23.2 Å². The number of ketones is 1. The second-order valence-electron chi connectivity index (χ2n) is 7.83. The van der Waals surface area contributed by atoms with Gasteiger partial charge in [0.15, 0.2) is 11.5 Å². The van der Waals surface area contributed by atoms with Crippen molar-refractivity contribution in [2.24, 2.45) is 0 Å². The van der Waals surface area contributed by atoms with Gasteiger partial charge >= 0.3 is 0 Å². The summed E-state index contributed by atoms with van der Waals surface area (Å²) in [6.07, 6.45) is 2.48. The van der Waals surface area contributed by atoms with Gasteiger partial charge in [-0.1, -0.05) is 49.0 Å². The van der Waals surface area contributed by atoms with Crippen LogP contribution in [0, 0.1) is 0 Å². The quantitative estimate of drug-likeness (QED) is 0.195. The van der Waals surface area contributed by atoms with Gasteiger partial charge in [-0.3, -0.25) is 9.59 Å². The Labute approximate surface area is 208 Å². The summed E-state index contributed by atoms with van der Waals surface area (Å²) in [7, 11) is 1.38. The van der Waals surface area contributed by atoms with Crippen molar-refractivity contribution in [1.82, 2.24) is 4.90 Å². The average molecular weight is 508 g/mol. The molecule has 0 bridgehead atoms. The van der Waals surface area contributed by atoms with Crippen molar-refractivity contribution in [1.29, 1.82) is 0 Å². The molecule has 0 radical (unpaired) electrons. The van der Waals surface area contributed by atoms with Gasteiger partial charge in [0.2, 0.25) is 0 Å². The number of amides is 1. The van der Waals surface area contributed by atoms with E-state index in [4.69, 9.17) is 32.7 Å². The molecule has 1 aliphatic heterocycles. The van der Waals surface area contributed by atoms with Gasteiger partial charge < -0.3 is 24.6 Å². The number of ether oxygens (including phenoxy) is 2. The van der Waals surface area contributed by atoms with Crippen LogP contribution in [0.15, 0.2) is 35.9 Å². The first-order valence-corrected chi connectivity index (χ1v) is 11.8. The second kappa shape index (κ2) is 11.0. The summed E-state index contributed by atoms with van der Waals surface area (Å²) in [4.78, 5) is 27.7. The molecule has 34 heavy (non-hydrogen) atoms. The Hall–Kier alpha value is -2.90. The maximum Gasteiger partial charge on any atom is 0.295 e. The minimum atomic E-state index is -0.904. The minimum absolute atomic E-state index is 0.0724. The monoisotopic (exact) mass is 507 g/mol. The van der Waals surface area contributed by atoms with Gasteiger partial charge in [0, 0.05) is 11.6 Å². The van der Waals surface area contributed by atoms with Crippen molar-refractivity contribution in [3.8, 4) is 17.2 Å². The number of hydrogen-bond donors (Lipinski definition) is 2. The van der Waals surface area contributed by atoms with E-state index in [1.165, 1.54) is 30.2 Å². The molecule has 1 atom stereocenters. The van der Waals surface area contributed by atoms with E-state index in [0.29, 0.717) is 25.1 Å². The number of aliphatic hydroxyl groups is 1. The van der Waals surface area contributed by atoms with E-state index in [-0.39, 0.29) is 38.4 Å². The van der Waals surface area contributed by atoms with Gasteiger partial charge in [-0.05, 0) is 43.2 Å². The Bertz CT molecular complexity index is 1130. The number of carbonyl (C=O) groups is 2. The predicted octanol–water partition coefficient (Wildman–Crippen LogP) is 5.72. The highest BCUT2D eigenvalue weighted by Crippen LogP contribution is 2.44. The van der Waals surface area contributed by atoms with Crippen LogP contribution in [-0.4, -0.2) is 47.1 Å². The maximum atomic E-state index is 13.2. The van der Waals surface area contributed by atoms with E-state index < -0.39 is 23.5 Å². The summed E-state index contributed by atoms with van der Waals surface area (Å²) < 4.78 is 10.8. The number of carbonyl (C=O) groups excluding carboxylic acids is 2. The highest BCUT2D eigenvalue weighted by molar-refractivity contribution is 6.46. The molecule has 2 aromatic rings. The molecule has 0 aromatic heterocycles. The van der Waals surface area contributed by atoms with Gasteiger partial charge in [0.1, 0.15) is 11.5 Å². The minimum Gasteiger partial charge on any atom is -0.507 e. The lowest BCUT2D eigenvalue weighted by atomic mass is 9.94. The zero-order chi connectivity index (χ0) is 25.0. The number of hydrogen-bond acceptors (Lipinski definition) is 6. The Morgan fingerprint density at radius 1 is 1.12 bits per heavy atom. The van der Waals surface area contributed by atoms with Crippen molar-refractivity contribution in [3.63, 3.8) is 0 Å².